The first-order valence-corrected chi connectivity index (χ1v) is 20.8. The Morgan fingerprint density at radius 2 is 1.08 bits per heavy atom. The van der Waals surface area contributed by atoms with Crippen LogP contribution in [-0.4, -0.2) is 238 Å². The van der Waals surface area contributed by atoms with E-state index in [-0.39, 0.29) is 0 Å². The molecule has 0 bridgehead atoms. The van der Waals surface area contributed by atoms with E-state index in [1.807, 2.05) is 0 Å². The number of hydrogen-bond acceptors (Lipinski definition) is 23. The van der Waals surface area contributed by atoms with Crippen LogP contribution in [0.15, 0.2) is 0 Å². The summed E-state index contributed by atoms with van der Waals surface area (Å²) in [6.07, 6.45) is -35.9. The van der Waals surface area contributed by atoms with Crippen molar-refractivity contribution in [3.05, 3.63) is 0 Å². The molecular formula is C38H61N3O24. The van der Waals surface area contributed by atoms with Gasteiger partial charge in [0.2, 0.25) is 17.7 Å². The van der Waals surface area contributed by atoms with Gasteiger partial charge in [0.25, 0.3) is 0 Å². The Labute approximate surface area is 371 Å². The molecule has 3 amide bonds. The second-order valence-corrected chi connectivity index (χ2v) is 16.4. The van der Waals surface area contributed by atoms with E-state index in [1.54, 1.807) is 0 Å². The Hall–Kier alpha value is -3.17. The molecule has 5 rings (SSSR count). The largest absolute Gasteiger partial charge is 0.479 e. The molecule has 5 fully saturated rings. The minimum Gasteiger partial charge on any atom is -0.479 e. The molecule has 11 N–H and O–H groups in total. The number of methoxy groups -OCH3 is 2. The Morgan fingerprint density at radius 1 is 0.538 bits per heavy atom. The molecule has 0 aromatic carbocycles. The number of carboxylic acids is 1. The lowest BCUT2D eigenvalue weighted by Crippen LogP contribution is -2.71. The summed E-state index contributed by atoms with van der Waals surface area (Å²) < 4.78 is 64.9. The summed E-state index contributed by atoms with van der Waals surface area (Å²) in [5.41, 5.74) is 0. The van der Waals surface area contributed by atoms with Crippen LogP contribution in [0.3, 0.4) is 0 Å². The zero-order valence-electron chi connectivity index (χ0n) is 36.7. The summed E-state index contributed by atoms with van der Waals surface area (Å²) in [6, 6.07) is -4.57. The van der Waals surface area contributed by atoms with Crippen LogP contribution < -0.4 is 16.0 Å². The van der Waals surface area contributed by atoms with Gasteiger partial charge in [0, 0.05) is 35.0 Å². The van der Waals surface area contributed by atoms with Crippen molar-refractivity contribution in [3.63, 3.8) is 0 Å². The first-order chi connectivity index (χ1) is 30.5. The highest BCUT2D eigenvalue weighted by atomic mass is 16.8. The number of Topliss-reactive ketones (excluding diaryl/α,β-unsaturated/α-hetero) is 1. The van der Waals surface area contributed by atoms with Crippen LogP contribution in [-0.2, 0) is 76.1 Å². The third-order valence-corrected chi connectivity index (χ3v) is 11.6. The quantitative estimate of drug-likeness (QED) is 0.0727. The van der Waals surface area contributed by atoms with Crippen molar-refractivity contribution >= 4 is 29.5 Å². The number of rotatable bonds is 15. The van der Waals surface area contributed by atoms with E-state index in [0.29, 0.717) is 0 Å². The van der Waals surface area contributed by atoms with Gasteiger partial charge in [-0.3, -0.25) is 19.2 Å². The number of amides is 3. The van der Waals surface area contributed by atoms with Gasteiger partial charge in [0.1, 0.15) is 97.5 Å². The predicted molar refractivity (Wildman–Crippen MR) is 206 cm³/mol. The smallest absolute Gasteiger partial charge is 0.335 e. The van der Waals surface area contributed by atoms with Crippen molar-refractivity contribution in [3.8, 4) is 0 Å². The highest BCUT2D eigenvalue weighted by Gasteiger charge is 2.58. The molecule has 5 saturated heterocycles. The number of aliphatic hydroxyl groups excluding tert-OH is 7. The third-order valence-electron chi connectivity index (χ3n) is 11.6. The maximum Gasteiger partial charge on any atom is 0.335 e. The summed E-state index contributed by atoms with van der Waals surface area (Å²) in [5, 5.41) is 94.0. The molecule has 0 radical (unpaired) electrons. The molecule has 24 unspecified atom stereocenters. The number of carbonyl (C=O) groups is 5. The van der Waals surface area contributed by atoms with Gasteiger partial charge in [0.15, 0.2) is 43.3 Å². The lowest BCUT2D eigenvalue weighted by atomic mass is 9.93. The summed E-state index contributed by atoms with van der Waals surface area (Å²) in [5.74, 6) is -4.66. The van der Waals surface area contributed by atoms with Gasteiger partial charge in [-0.2, -0.15) is 0 Å². The number of ketones is 1. The van der Waals surface area contributed by atoms with Crippen LogP contribution in [0.25, 0.3) is 0 Å². The monoisotopic (exact) mass is 943 g/mol. The van der Waals surface area contributed by atoms with E-state index >= 15 is 0 Å². The van der Waals surface area contributed by atoms with Gasteiger partial charge < -0.3 is 109 Å². The van der Waals surface area contributed by atoms with Crippen LogP contribution in [0.2, 0.25) is 0 Å². The SMILES string of the molecule is COC1OC(C)C(=O)C(OC2OC(C)C(OC3OC(CO)C(OC)C(O)C3O)C(OC3OC(C(=O)O)C(O)C(O)C3OC3OC(C)C(O)C(O)C3NC(C)=O)C2NC(C)=O)C1NC(C)=O. The van der Waals surface area contributed by atoms with Gasteiger partial charge in [-0.1, -0.05) is 0 Å². The Bertz CT molecular complexity index is 1660. The Kier molecular flexibility index (Phi) is 18.1. The van der Waals surface area contributed by atoms with Crippen molar-refractivity contribution in [1.82, 2.24) is 16.0 Å². The molecule has 24 atom stereocenters. The second-order valence-electron chi connectivity index (χ2n) is 16.4. The third kappa shape index (κ3) is 11.6. The molecule has 0 spiro atoms. The van der Waals surface area contributed by atoms with Crippen LogP contribution in [0.5, 0.6) is 0 Å². The number of carbonyl (C=O) groups excluding carboxylic acids is 4. The van der Waals surface area contributed by atoms with Crippen molar-refractivity contribution in [1.29, 1.82) is 0 Å². The lowest BCUT2D eigenvalue weighted by molar-refractivity contribution is -0.385. The van der Waals surface area contributed by atoms with E-state index in [9.17, 15) is 64.8 Å². The normalized spacial score (nSPS) is 45.9. The van der Waals surface area contributed by atoms with E-state index < -0.39 is 183 Å². The van der Waals surface area contributed by atoms with E-state index in [1.165, 1.54) is 35.0 Å². The van der Waals surface area contributed by atoms with Gasteiger partial charge in [-0.15, -0.1) is 0 Å². The standard InChI is InChI=1S/C38H61N3O24/c1-10-20(46)22(48)17(39-13(4)43)35(58-10)65-32-24(50)23(49)31(33(53)54)64-38(32)63-30-19(41-15(6)45)36(62-29-18(40-14(5)44)34(56-8)57-11(2)21(29)47)59-12(3)27(30)61-37-26(52)25(51)28(55-7)16(9-42)60-37/h10-12,16-20,22-32,34-38,42,46,48-52H,9H2,1-8H3,(H,39,43)(H,40,44)(H,41,45)(H,53,54). The highest BCUT2D eigenvalue weighted by molar-refractivity contribution is 5.89. The fourth-order valence-corrected chi connectivity index (χ4v) is 8.38. The van der Waals surface area contributed by atoms with Crippen LogP contribution in [0.4, 0.5) is 0 Å². The highest BCUT2D eigenvalue weighted by Crippen LogP contribution is 2.37. The minimum absolute atomic E-state index is 0.624. The summed E-state index contributed by atoms with van der Waals surface area (Å²) >= 11 is 0. The van der Waals surface area contributed by atoms with E-state index in [4.69, 9.17) is 52.1 Å². The molecule has 5 aliphatic rings. The molecule has 0 aliphatic carbocycles. The molecule has 372 valence electrons. The van der Waals surface area contributed by atoms with Gasteiger partial charge in [-0.25, -0.2) is 4.79 Å². The minimum atomic E-state index is -2.25. The molecular weight excluding hydrogens is 882 g/mol. The maximum atomic E-state index is 13.8. The molecule has 65 heavy (non-hydrogen) atoms. The summed E-state index contributed by atoms with van der Waals surface area (Å²) in [4.78, 5) is 63.9. The fourth-order valence-electron chi connectivity index (χ4n) is 8.38. The average Bonchev–Trinajstić information content (AvgIpc) is 3.23. The number of carboxylic acid groups (broad SMARTS) is 1. The molecule has 0 saturated carbocycles. The Morgan fingerprint density at radius 3 is 1.65 bits per heavy atom. The number of aliphatic hydroxyl groups is 7. The number of nitrogens with one attached hydrogen (secondary N) is 3. The second kappa shape index (κ2) is 22.3. The van der Waals surface area contributed by atoms with E-state index in [2.05, 4.69) is 16.0 Å². The summed E-state index contributed by atoms with van der Waals surface area (Å²) in [7, 11) is 2.44. The fraction of sp³-hybridized carbons (Fsp3) is 0.868. The van der Waals surface area contributed by atoms with Gasteiger partial charge in [0.05, 0.1) is 18.8 Å². The zero-order chi connectivity index (χ0) is 48.3. The Balaban J connectivity index is 1.62. The molecule has 27 nitrogen and oxygen atoms in total. The van der Waals surface area contributed by atoms with Crippen LogP contribution in [0.1, 0.15) is 41.5 Å². The molecule has 5 heterocycles. The van der Waals surface area contributed by atoms with Crippen molar-refractivity contribution in [2.45, 2.75) is 189 Å². The topological polar surface area (TPSA) is 385 Å². The first-order valence-electron chi connectivity index (χ1n) is 20.8. The molecule has 0 aromatic heterocycles. The van der Waals surface area contributed by atoms with Gasteiger partial charge in [-0.05, 0) is 20.8 Å². The lowest BCUT2D eigenvalue weighted by Gasteiger charge is -2.51. The summed E-state index contributed by atoms with van der Waals surface area (Å²) in [6.45, 7) is 6.69. The molecule has 0 aromatic rings. The van der Waals surface area contributed by atoms with Crippen molar-refractivity contribution < 1.29 is 117 Å². The predicted octanol–water partition coefficient (Wildman–Crippen LogP) is -6.80. The molecule has 27 heteroatoms. The number of hydrogen-bond donors (Lipinski definition) is 11. The van der Waals surface area contributed by atoms with E-state index in [0.717, 1.165) is 20.8 Å². The van der Waals surface area contributed by atoms with Crippen LogP contribution in [0, 0.1) is 0 Å². The number of ether oxygens (including phenoxy) is 11. The van der Waals surface area contributed by atoms with Crippen molar-refractivity contribution in [2.75, 3.05) is 20.8 Å². The first kappa shape index (κ1) is 52.8. The molecule has 5 aliphatic heterocycles. The van der Waals surface area contributed by atoms with Crippen LogP contribution >= 0.6 is 0 Å². The van der Waals surface area contributed by atoms with Crippen molar-refractivity contribution in [2.24, 2.45) is 0 Å². The van der Waals surface area contributed by atoms with Gasteiger partial charge >= 0.3 is 5.97 Å². The average molecular weight is 944 g/mol. The zero-order valence-corrected chi connectivity index (χ0v) is 36.7. The number of aliphatic carboxylic acids is 1. The maximum absolute atomic E-state index is 13.8.